The van der Waals surface area contributed by atoms with Crippen LogP contribution >= 0.6 is 11.6 Å². The van der Waals surface area contributed by atoms with Crippen molar-refractivity contribution in [2.45, 2.75) is 12.1 Å². The molecular formula is C42H40ClF3N6O10. The van der Waals surface area contributed by atoms with E-state index in [1.54, 1.807) is 48.5 Å². The number of hydrogen-bond donors (Lipinski definition) is 4. The third-order valence-corrected chi connectivity index (χ3v) is 11.3. The minimum absolute atomic E-state index is 0.0288. The number of furan rings is 1. The van der Waals surface area contributed by atoms with Crippen molar-refractivity contribution in [3.05, 3.63) is 82.9 Å². The standard InChI is InChI=1S/C42H40ClF3N6O10/c1-58-35-25-5-3-4-6-29(25)61-36(35)38(54)47-24-7-8-26-22(17-24)18-27(48-26)39(55)52-21-23(20-43)31-28(52)19-30(34-32(31)33(40(56)59-2)37(49-34)42(44,45)46)62-41(57)51-11-9-50(10-12-51)13-15-60-16-14-53/h3-8,17-19,23,48-49,53H,9-16,20-21H2,1-2H3,(H,47,54)/t23-/m1/s1. The number of nitrogens with zero attached hydrogens (tertiary/aromatic N) is 3. The van der Waals surface area contributed by atoms with Crippen molar-refractivity contribution >= 4 is 79.6 Å². The summed E-state index contributed by atoms with van der Waals surface area (Å²) in [5.41, 5.74) is -0.865. The molecule has 3 aromatic heterocycles. The predicted molar refractivity (Wildman–Crippen MR) is 221 cm³/mol. The van der Waals surface area contributed by atoms with Crippen molar-refractivity contribution in [3.8, 4) is 11.5 Å². The molecule has 4 N–H and O–H groups in total. The first-order valence-corrected chi connectivity index (χ1v) is 20.0. The Balaban J connectivity index is 1.12. The molecule has 0 unspecified atom stereocenters. The number of carbonyl (C=O) groups is 4. The van der Waals surface area contributed by atoms with Gasteiger partial charge in [-0.05, 0) is 42.0 Å². The first-order chi connectivity index (χ1) is 29.8. The number of hydrogen-bond acceptors (Lipinski definition) is 11. The summed E-state index contributed by atoms with van der Waals surface area (Å²) in [5.74, 6) is -3.50. The van der Waals surface area contributed by atoms with Crippen LogP contribution < -0.4 is 19.7 Å². The maximum absolute atomic E-state index is 14.6. The molecule has 2 aliphatic heterocycles. The van der Waals surface area contributed by atoms with Crippen LogP contribution in [0.3, 0.4) is 0 Å². The largest absolute Gasteiger partial charge is 0.492 e. The number of para-hydroxylation sites is 1. The van der Waals surface area contributed by atoms with E-state index in [0.717, 1.165) is 7.11 Å². The minimum Gasteiger partial charge on any atom is -0.492 e. The number of esters is 1. The van der Waals surface area contributed by atoms with E-state index in [4.69, 9.17) is 40.1 Å². The Morgan fingerprint density at radius 3 is 2.48 bits per heavy atom. The number of piperazine rings is 1. The Kier molecular flexibility index (Phi) is 11.8. The summed E-state index contributed by atoms with van der Waals surface area (Å²) in [6.07, 6.45) is -5.92. The van der Waals surface area contributed by atoms with Crippen LogP contribution in [0.5, 0.6) is 11.5 Å². The summed E-state index contributed by atoms with van der Waals surface area (Å²) < 4.78 is 71.2. The Labute approximate surface area is 355 Å². The zero-order chi connectivity index (χ0) is 43.9. The molecule has 6 aromatic rings. The van der Waals surface area contributed by atoms with Crippen molar-refractivity contribution in [2.75, 3.05) is 89.4 Å². The highest BCUT2D eigenvalue weighted by molar-refractivity contribution is 6.20. The van der Waals surface area contributed by atoms with E-state index in [0.29, 0.717) is 53.8 Å². The number of alkyl halides is 4. The van der Waals surface area contributed by atoms with Crippen LogP contribution in [-0.4, -0.2) is 128 Å². The molecule has 20 heteroatoms. The molecule has 3 amide bonds. The number of amides is 3. The zero-order valence-electron chi connectivity index (χ0n) is 33.3. The lowest BCUT2D eigenvalue weighted by atomic mass is 9.95. The molecule has 16 nitrogen and oxygen atoms in total. The van der Waals surface area contributed by atoms with Gasteiger partial charge in [-0.3, -0.25) is 14.5 Å². The second-order valence-corrected chi connectivity index (χ2v) is 14.9. The van der Waals surface area contributed by atoms with Crippen LogP contribution in [0, 0.1) is 0 Å². The monoisotopic (exact) mass is 880 g/mol. The molecule has 62 heavy (non-hydrogen) atoms. The number of ether oxygens (including phenoxy) is 4. The maximum atomic E-state index is 14.6. The highest BCUT2D eigenvalue weighted by atomic mass is 35.5. The zero-order valence-corrected chi connectivity index (χ0v) is 34.1. The van der Waals surface area contributed by atoms with Crippen molar-refractivity contribution in [1.29, 1.82) is 0 Å². The van der Waals surface area contributed by atoms with Crippen molar-refractivity contribution in [2.24, 2.45) is 0 Å². The van der Waals surface area contributed by atoms with Gasteiger partial charge in [0.1, 0.15) is 17.0 Å². The number of anilines is 2. The summed E-state index contributed by atoms with van der Waals surface area (Å²) in [5, 5.41) is 12.7. The quantitative estimate of drug-likeness (QED) is 0.0591. The van der Waals surface area contributed by atoms with E-state index in [2.05, 4.69) is 20.2 Å². The molecule has 1 fully saturated rings. The van der Waals surface area contributed by atoms with Crippen LogP contribution in [-0.2, 0) is 15.7 Å². The van der Waals surface area contributed by atoms with Gasteiger partial charge in [0.25, 0.3) is 11.8 Å². The molecule has 326 valence electrons. The van der Waals surface area contributed by atoms with E-state index in [9.17, 15) is 32.3 Å². The number of benzene rings is 3. The van der Waals surface area contributed by atoms with Crippen LogP contribution in [0.2, 0.25) is 0 Å². The van der Waals surface area contributed by atoms with Gasteiger partial charge in [-0.1, -0.05) is 12.1 Å². The molecule has 0 radical (unpaired) electrons. The fourth-order valence-corrected chi connectivity index (χ4v) is 8.28. The Hall–Kier alpha value is -6.28. The topological polar surface area (TPSA) is 192 Å². The molecule has 3 aromatic carbocycles. The smallest absolute Gasteiger partial charge is 0.432 e. The number of carbonyl (C=O) groups excluding carboxylic acids is 4. The third kappa shape index (κ3) is 7.87. The number of aromatic amines is 2. The number of fused-ring (bicyclic) bond motifs is 5. The lowest BCUT2D eigenvalue weighted by Crippen LogP contribution is -2.50. The van der Waals surface area contributed by atoms with Gasteiger partial charge in [0.05, 0.1) is 56.2 Å². The van der Waals surface area contributed by atoms with Gasteiger partial charge < -0.3 is 53.6 Å². The van der Waals surface area contributed by atoms with E-state index in [1.807, 2.05) is 0 Å². The lowest BCUT2D eigenvalue weighted by molar-refractivity contribution is -0.141. The van der Waals surface area contributed by atoms with Crippen molar-refractivity contribution < 1.29 is 60.8 Å². The summed E-state index contributed by atoms with van der Waals surface area (Å²) in [7, 11) is 2.38. The number of aliphatic hydroxyl groups is 1. The number of aromatic nitrogens is 2. The highest BCUT2D eigenvalue weighted by Gasteiger charge is 2.44. The lowest BCUT2D eigenvalue weighted by Gasteiger charge is -2.33. The second-order valence-electron chi connectivity index (χ2n) is 14.6. The molecule has 0 saturated carbocycles. The van der Waals surface area contributed by atoms with E-state index < -0.39 is 47.2 Å². The van der Waals surface area contributed by atoms with E-state index in [-0.39, 0.29) is 83.8 Å². The van der Waals surface area contributed by atoms with E-state index in [1.165, 1.54) is 23.0 Å². The predicted octanol–water partition coefficient (Wildman–Crippen LogP) is 6.57. The van der Waals surface area contributed by atoms with Crippen molar-refractivity contribution in [1.82, 2.24) is 19.8 Å². The minimum atomic E-state index is -5.07. The van der Waals surface area contributed by atoms with Gasteiger partial charge in [-0.25, -0.2) is 9.59 Å². The Morgan fingerprint density at radius 1 is 1.00 bits per heavy atom. The van der Waals surface area contributed by atoms with Crippen LogP contribution in [0.1, 0.15) is 48.6 Å². The number of H-pyrrole nitrogens is 2. The number of halogens is 4. The molecule has 2 aliphatic rings. The summed E-state index contributed by atoms with van der Waals surface area (Å²) in [4.78, 5) is 64.8. The Morgan fingerprint density at radius 2 is 1.77 bits per heavy atom. The molecule has 0 aliphatic carbocycles. The maximum Gasteiger partial charge on any atom is 0.432 e. The van der Waals surface area contributed by atoms with E-state index >= 15 is 0 Å². The number of nitrogens with one attached hydrogen (secondary N) is 3. The van der Waals surface area contributed by atoms with Gasteiger partial charge in [0.2, 0.25) is 5.76 Å². The third-order valence-electron chi connectivity index (χ3n) is 11.0. The molecule has 0 bridgehead atoms. The summed E-state index contributed by atoms with van der Waals surface area (Å²) in [6, 6.07) is 14.8. The highest BCUT2D eigenvalue weighted by Crippen LogP contribution is 2.50. The second kappa shape index (κ2) is 17.2. The van der Waals surface area contributed by atoms with Gasteiger partial charge >= 0.3 is 18.2 Å². The molecule has 5 heterocycles. The van der Waals surface area contributed by atoms with Gasteiger partial charge in [0, 0.05) is 79.1 Å². The number of aliphatic hydroxyl groups excluding tert-OH is 1. The molecule has 0 spiro atoms. The first kappa shape index (κ1) is 42.4. The average Bonchev–Trinajstić information content (AvgIpc) is 4.06. The molecule has 8 rings (SSSR count). The number of rotatable bonds is 12. The van der Waals surface area contributed by atoms with Crippen LogP contribution in [0.15, 0.2) is 59.0 Å². The normalized spacial score (nSPS) is 15.7. The van der Waals surface area contributed by atoms with Crippen molar-refractivity contribution in [3.63, 3.8) is 0 Å². The Bertz CT molecular complexity index is 2700. The first-order valence-electron chi connectivity index (χ1n) is 19.5. The van der Waals surface area contributed by atoms with Gasteiger partial charge in [-0.2, -0.15) is 13.2 Å². The number of methoxy groups -OCH3 is 2. The average molecular weight is 881 g/mol. The van der Waals surface area contributed by atoms with Crippen LogP contribution in [0.25, 0.3) is 32.8 Å². The fraction of sp³-hybridized carbons (Fsp3) is 0.333. The molecular weight excluding hydrogens is 841 g/mol. The summed E-state index contributed by atoms with van der Waals surface area (Å²) in [6.45, 7) is 2.33. The van der Waals surface area contributed by atoms with Gasteiger partial charge in [0.15, 0.2) is 11.5 Å². The SMILES string of the molecule is COC(=O)c1c(C(F)(F)F)[nH]c2c(OC(=O)N3CCN(CCOCCO)CC3)cc3c(c12)[C@H](CCl)CN3C(=O)c1cc2cc(NC(=O)c3oc4ccccc4c3OC)ccc2[nH]1. The molecule has 1 saturated heterocycles. The van der Waals surface area contributed by atoms with Gasteiger partial charge in [-0.15, -0.1) is 11.6 Å². The molecule has 1 atom stereocenters. The summed E-state index contributed by atoms with van der Waals surface area (Å²) >= 11 is 6.45. The van der Waals surface area contributed by atoms with Crippen LogP contribution in [0.4, 0.5) is 29.3 Å². The fourth-order valence-electron chi connectivity index (χ4n) is 8.03.